The van der Waals surface area contributed by atoms with Crippen LogP contribution in [0.4, 0.5) is 0 Å². The molecule has 2 rings (SSSR count). The second kappa shape index (κ2) is 6.00. The van der Waals surface area contributed by atoms with E-state index >= 15 is 0 Å². The zero-order chi connectivity index (χ0) is 14.5. The molecule has 1 amide bonds. The SMILES string of the molecule is COC(=O)[C@H](Cc1cnc[nH]1)NC(=O)c1cc(C)no1. The van der Waals surface area contributed by atoms with Gasteiger partial charge in [-0.15, -0.1) is 0 Å². The highest BCUT2D eigenvalue weighted by Gasteiger charge is 2.24. The number of nitrogens with one attached hydrogen (secondary N) is 2. The Kier molecular flexibility index (Phi) is 4.14. The van der Waals surface area contributed by atoms with Gasteiger partial charge in [-0.1, -0.05) is 5.16 Å². The van der Waals surface area contributed by atoms with E-state index in [0.717, 1.165) is 0 Å². The number of esters is 1. The van der Waals surface area contributed by atoms with Crippen molar-refractivity contribution >= 4 is 11.9 Å². The Bertz CT molecular complexity index is 590. The van der Waals surface area contributed by atoms with E-state index in [-0.39, 0.29) is 12.2 Å². The fourth-order valence-corrected chi connectivity index (χ4v) is 1.65. The largest absolute Gasteiger partial charge is 0.467 e. The number of rotatable bonds is 5. The van der Waals surface area contributed by atoms with Gasteiger partial charge in [0.05, 0.1) is 19.1 Å². The van der Waals surface area contributed by atoms with Gasteiger partial charge in [0.15, 0.2) is 0 Å². The van der Waals surface area contributed by atoms with E-state index in [4.69, 9.17) is 4.52 Å². The molecule has 2 N–H and O–H groups in total. The van der Waals surface area contributed by atoms with Gasteiger partial charge in [0.25, 0.3) is 5.91 Å². The number of aromatic amines is 1. The molecule has 2 aromatic heterocycles. The molecule has 0 aliphatic carbocycles. The molecular formula is C12H14N4O4. The van der Waals surface area contributed by atoms with Gasteiger partial charge in [-0.25, -0.2) is 9.78 Å². The van der Waals surface area contributed by atoms with Gasteiger partial charge >= 0.3 is 5.97 Å². The van der Waals surface area contributed by atoms with Crippen LogP contribution in [0.25, 0.3) is 0 Å². The summed E-state index contributed by atoms with van der Waals surface area (Å²) in [7, 11) is 1.26. The van der Waals surface area contributed by atoms with Gasteiger partial charge in [-0.3, -0.25) is 4.79 Å². The summed E-state index contributed by atoms with van der Waals surface area (Å²) in [5.41, 5.74) is 1.28. The van der Waals surface area contributed by atoms with Crippen LogP contribution in [-0.2, 0) is 16.0 Å². The lowest BCUT2D eigenvalue weighted by atomic mass is 10.1. The van der Waals surface area contributed by atoms with E-state index in [9.17, 15) is 9.59 Å². The highest BCUT2D eigenvalue weighted by atomic mass is 16.5. The van der Waals surface area contributed by atoms with Crippen LogP contribution in [0.15, 0.2) is 23.1 Å². The van der Waals surface area contributed by atoms with E-state index in [2.05, 4.69) is 25.2 Å². The fraction of sp³-hybridized carbons (Fsp3) is 0.333. The summed E-state index contributed by atoms with van der Waals surface area (Å²) in [6, 6.07) is 0.651. The molecule has 0 saturated heterocycles. The number of amides is 1. The van der Waals surface area contributed by atoms with Crippen molar-refractivity contribution in [1.29, 1.82) is 0 Å². The first-order valence-electron chi connectivity index (χ1n) is 5.89. The molecule has 2 heterocycles. The van der Waals surface area contributed by atoms with Crippen LogP contribution < -0.4 is 5.32 Å². The maximum Gasteiger partial charge on any atom is 0.328 e. The maximum absolute atomic E-state index is 11.9. The number of hydrogen-bond donors (Lipinski definition) is 2. The van der Waals surface area contributed by atoms with Gasteiger partial charge in [0, 0.05) is 24.4 Å². The van der Waals surface area contributed by atoms with Crippen molar-refractivity contribution in [3.63, 3.8) is 0 Å². The third-order valence-corrected chi connectivity index (χ3v) is 2.62. The lowest BCUT2D eigenvalue weighted by Gasteiger charge is -2.14. The minimum absolute atomic E-state index is 0.0426. The quantitative estimate of drug-likeness (QED) is 0.757. The van der Waals surface area contributed by atoms with Crippen LogP contribution in [0.2, 0.25) is 0 Å². The predicted octanol–water partition coefficient (Wildman–Crippen LogP) is 0.220. The number of hydrogen-bond acceptors (Lipinski definition) is 6. The topological polar surface area (TPSA) is 110 Å². The lowest BCUT2D eigenvalue weighted by Crippen LogP contribution is -2.43. The molecule has 0 spiro atoms. The van der Waals surface area contributed by atoms with Crippen LogP contribution in [0.5, 0.6) is 0 Å². The molecule has 2 aromatic rings. The summed E-state index contributed by atoms with van der Waals surface area (Å²) in [6.45, 7) is 1.70. The van der Waals surface area contributed by atoms with Crippen LogP contribution in [0.3, 0.4) is 0 Å². The molecule has 0 radical (unpaired) electrons. The molecule has 0 aliphatic heterocycles. The summed E-state index contributed by atoms with van der Waals surface area (Å²) in [5.74, 6) is -1.04. The zero-order valence-corrected chi connectivity index (χ0v) is 11.0. The monoisotopic (exact) mass is 278 g/mol. The van der Waals surface area contributed by atoms with E-state index in [1.54, 1.807) is 13.1 Å². The first-order valence-corrected chi connectivity index (χ1v) is 5.89. The Morgan fingerprint density at radius 1 is 1.55 bits per heavy atom. The molecule has 8 nitrogen and oxygen atoms in total. The molecule has 106 valence electrons. The smallest absolute Gasteiger partial charge is 0.328 e. The standard InChI is InChI=1S/C12H14N4O4/c1-7-3-10(20-16-7)11(17)15-9(12(18)19-2)4-8-5-13-6-14-8/h3,5-6,9H,4H2,1-2H3,(H,13,14)(H,15,17)/t9-/m0/s1. The highest BCUT2D eigenvalue weighted by Crippen LogP contribution is 2.05. The van der Waals surface area contributed by atoms with Crippen molar-refractivity contribution in [2.45, 2.75) is 19.4 Å². The second-order valence-electron chi connectivity index (χ2n) is 4.16. The molecule has 0 aliphatic rings. The minimum atomic E-state index is -0.835. The number of aryl methyl sites for hydroxylation is 1. The number of methoxy groups -OCH3 is 1. The number of H-pyrrole nitrogens is 1. The summed E-state index contributed by atoms with van der Waals surface area (Å²) >= 11 is 0. The Morgan fingerprint density at radius 3 is 2.90 bits per heavy atom. The number of carbonyl (C=O) groups excluding carboxylic acids is 2. The van der Waals surface area contributed by atoms with Gasteiger partial charge in [-0.05, 0) is 6.92 Å². The molecule has 1 atom stereocenters. The highest BCUT2D eigenvalue weighted by molar-refractivity contribution is 5.94. The number of carbonyl (C=O) groups is 2. The lowest BCUT2D eigenvalue weighted by molar-refractivity contribution is -0.142. The van der Waals surface area contributed by atoms with E-state index in [1.807, 2.05) is 0 Å². The van der Waals surface area contributed by atoms with Gasteiger partial charge in [-0.2, -0.15) is 0 Å². The Hall–Kier alpha value is -2.64. The van der Waals surface area contributed by atoms with Crippen molar-refractivity contribution in [1.82, 2.24) is 20.4 Å². The number of aromatic nitrogens is 3. The Balaban J connectivity index is 2.07. The fourth-order valence-electron chi connectivity index (χ4n) is 1.65. The van der Waals surface area contributed by atoms with Crippen molar-refractivity contribution in [3.8, 4) is 0 Å². The molecule has 0 saturated carbocycles. The first kappa shape index (κ1) is 13.8. The van der Waals surface area contributed by atoms with Crippen molar-refractivity contribution < 1.29 is 18.8 Å². The first-order chi connectivity index (χ1) is 9.60. The van der Waals surface area contributed by atoms with Gasteiger partial charge in [0.2, 0.25) is 5.76 Å². The molecule has 20 heavy (non-hydrogen) atoms. The van der Waals surface area contributed by atoms with Gasteiger partial charge in [0.1, 0.15) is 6.04 Å². The average molecular weight is 278 g/mol. The van der Waals surface area contributed by atoms with Crippen LogP contribution in [0.1, 0.15) is 21.9 Å². The molecule has 0 bridgehead atoms. The zero-order valence-electron chi connectivity index (χ0n) is 11.0. The van der Waals surface area contributed by atoms with Crippen molar-refractivity contribution in [3.05, 3.63) is 35.7 Å². The predicted molar refractivity (Wildman–Crippen MR) is 66.8 cm³/mol. The Labute approximate surface area is 114 Å². The third-order valence-electron chi connectivity index (χ3n) is 2.62. The normalized spacial score (nSPS) is 11.9. The summed E-state index contributed by atoms with van der Waals surface area (Å²) in [4.78, 5) is 30.3. The van der Waals surface area contributed by atoms with Crippen LogP contribution in [0, 0.1) is 6.92 Å². The number of imidazole rings is 1. The van der Waals surface area contributed by atoms with Crippen molar-refractivity contribution in [2.24, 2.45) is 0 Å². The van der Waals surface area contributed by atoms with Crippen LogP contribution >= 0.6 is 0 Å². The van der Waals surface area contributed by atoms with Crippen LogP contribution in [-0.4, -0.2) is 40.2 Å². The maximum atomic E-state index is 11.9. The third kappa shape index (κ3) is 3.22. The Morgan fingerprint density at radius 2 is 2.35 bits per heavy atom. The van der Waals surface area contributed by atoms with E-state index in [1.165, 1.54) is 19.5 Å². The molecule has 0 fully saturated rings. The summed E-state index contributed by atoms with van der Waals surface area (Å²) in [5, 5.41) is 6.16. The summed E-state index contributed by atoms with van der Waals surface area (Å²) in [6.07, 6.45) is 3.30. The van der Waals surface area contributed by atoms with Gasteiger partial charge < -0.3 is 19.6 Å². The number of ether oxygens (including phenoxy) is 1. The van der Waals surface area contributed by atoms with E-state index < -0.39 is 17.9 Å². The van der Waals surface area contributed by atoms with Crippen molar-refractivity contribution in [2.75, 3.05) is 7.11 Å². The molecule has 0 aromatic carbocycles. The van der Waals surface area contributed by atoms with E-state index in [0.29, 0.717) is 11.4 Å². The molecule has 0 unspecified atom stereocenters. The summed E-state index contributed by atoms with van der Waals surface area (Å²) < 4.78 is 9.51. The second-order valence-corrected chi connectivity index (χ2v) is 4.16. The minimum Gasteiger partial charge on any atom is -0.467 e. The molecule has 8 heteroatoms. The average Bonchev–Trinajstić information content (AvgIpc) is 3.08. The molecular weight excluding hydrogens is 264 g/mol. The number of nitrogens with zero attached hydrogens (tertiary/aromatic N) is 2.